The van der Waals surface area contributed by atoms with Gasteiger partial charge < -0.3 is 14.2 Å². The van der Waals surface area contributed by atoms with Crippen LogP contribution in [0.25, 0.3) is 11.0 Å². The van der Waals surface area contributed by atoms with E-state index in [1.807, 2.05) is 47.4 Å². The maximum Gasteiger partial charge on any atom is 0.227 e. The summed E-state index contributed by atoms with van der Waals surface area (Å²) < 4.78 is 8.30. The Morgan fingerprint density at radius 2 is 1.82 bits per heavy atom. The molecule has 2 heterocycles. The fraction of sp³-hybridized carbons (Fsp3) is 0.286. The Bertz CT molecular complexity index is 1330. The van der Waals surface area contributed by atoms with Gasteiger partial charge in [-0.2, -0.15) is 0 Å². The normalized spacial score (nSPS) is 15.9. The van der Waals surface area contributed by atoms with Crippen molar-refractivity contribution in [1.82, 2.24) is 9.55 Å². The van der Waals surface area contributed by atoms with Crippen LogP contribution in [-0.2, 0) is 11.3 Å². The molecule has 34 heavy (non-hydrogen) atoms. The van der Waals surface area contributed by atoms with Crippen LogP contribution < -0.4 is 9.64 Å². The van der Waals surface area contributed by atoms with Gasteiger partial charge in [0.15, 0.2) is 0 Å². The van der Waals surface area contributed by atoms with Crippen molar-refractivity contribution in [2.75, 3.05) is 18.1 Å². The van der Waals surface area contributed by atoms with Crippen LogP contribution in [0, 0.1) is 13.8 Å². The number of carbonyl (C=O) groups is 1. The van der Waals surface area contributed by atoms with Gasteiger partial charge in [0.2, 0.25) is 5.91 Å². The lowest BCUT2D eigenvalue weighted by Crippen LogP contribution is -2.24. The summed E-state index contributed by atoms with van der Waals surface area (Å²) in [5, 5.41) is 0.629. The van der Waals surface area contributed by atoms with Crippen molar-refractivity contribution in [3.05, 3.63) is 88.7 Å². The number of aryl methyl sites for hydroxylation is 3. The van der Waals surface area contributed by atoms with Crippen LogP contribution in [0.1, 0.15) is 35.7 Å². The third-order valence-electron chi connectivity index (χ3n) is 6.28. The summed E-state index contributed by atoms with van der Waals surface area (Å²) in [5.74, 6) is 2.00. The molecule has 1 saturated heterocycles. The average Bonchev–Trinajstić information content (AvgIpc) is 3.36. The molecule has 1 aliphatic heterocycles. The first-order chi connectivity index (χ1) is 16.5. The lowest BCUT2D eigenvalue weighted by atomic mass is 10.1. The highest BCUT2D eigenvalue weighted by Gasteiger charge is 2.34. The van der Waals surface area contributed by atoms with Gasteiger partial charge in [0.1, 0.15) is 11.6 Å². The molecule has 1 aromatic heterocycles. The minimum absolute atomic E-state index is 0.0271. The van der Waals surface area contributed by atoms with Crippen molar-refractivity contribution in [2.24, 2.45) is 0 Å². The molecule has 1 aliphatic rings. The molecule has 0 radical (unpaired) electrons. The average molecular weight is 474 g/mol. The van der Waals surface area contributed by atoms with Gasteiger partial charge in [-0.25, -0.2) is 4.98 Å². The van der Waals surface area contributed by atoms with E-state index in [2.05, 4.69) is 42.7 Å². The predicted molar refractivity (Wildman–Crippen MR) is 137 cm³/mol. The van der Waals surface area contributed by atoms with E-state index in [9.17, 15) is 4.79 Å². The zero-order valence-corrected chi connectivity index (χ0v) is 20.3. The minimum Gasteiger partial charge on any atom is -0.494 e. The molecule has 5 nitrogen and oxygen atoms in total. The number of halogens is 1. The Morgan fingerprint density at radius 3 is 2.62 bits per heavy atom. The molecule has 6 heteroatoms. The van der Waals surface area contributed by atoms with Crippen LogP contribution in [0.3, 0.4) is 0 Å². The summed E-state index contributed by atoms with van der Waals surface area (Å²) in [7, 11) is 0. The van der Waals surface area contributed by atoms with E-state index in [1.165, 1.54) is 11.1 Å². The summed E-state index contributed by atoms with van der Waals surface area (Å²) in [6, 6.07) is 21.9. The molecule has 1 amide bonds. The highest BCUT2D eigenvalue weighted by atomic mass is 35.5. The number of fused-ring (bicyclic) bond motifs is 1. The van der Waals surface area contributed by atoms with Crippen LogP contribution >= 0.6 is 11.6 Å². The standard InChI is InChI=1S/C28H28ClN3O2/c1-19-13-20(2)15-24(14-19)34-12-6-11-31-26-10-4-3-9-25(26)30-28(31)21-16-27(33)32(18-21)23-8-5-7-22(29)17-23/h3-5,7-10,13-15,17,21H,6,11-12,16,18H2,1-2H3. The number of amides is 1. The molecule has 174 valence electrons. The number of para-hydroxylation sites is 2. The number of hydrogen-bond donors (Lipinski definition) is 0. The Morgan fingerprint density at radius 1 is 1.03 bits per heavy atom. The molecule has 0 N–H and O–H groups in total. The van der Waals surface area contributed by atoms with Gasteiger partial charge in [-0.1, -0.05) is 35.9 Å². The second-order valence-corrected chi connectivity index (χ2v) is 9.46. The van der Waals surface area contributed by atoms with Gasteiger partial charge in [0.05, 0.1) is 17.6 Å². The van der Waals surface area contributed by atoms with E-state index in [0.29, 0.717) is 24.6 Å². The van der Waals surface area contributed by atoms with E-state index in [-0.39, 0.29) is 11.8 Å². The van der Waals surface area contributed by atoms with E-state index < -0.39 is 0 Å². The van der Waals surface area contributed by atoms with Crippen molar-refractivity contribution in [3.63, 3.8) is 0 Å². The number of carbonyl (C=O) groups excluding carboxylic acids is 1. The molecule has 1 atom stereocenters. The molecule has 1 fully saturated rings. The quantitative estimate of drug-likeness (QED) is 0.296. The van der Waals surface area contributed by atoms with Crippen molar-refractivity contribution in [1.29, 1.82) is 0 Å². The van der Waals surface area contributed by atoms with Gasteiger partial charge in [-0.3, -0.25) is 4.79 Å². The van der Waals surface area contributed by atoms with Gasteiger partial charge in [-0.15, -0.1) is 0 Å². The monoisotopic (exact) mass is 473 g/mol. The summed E-state index contributed by atoms with van der Waals surface area (Å²) in [4.78, 5) is 19.7. The number of nitrogens with zero attached hydrogens (tertiary/aromatic N) is 3. The van der Waals surface area contributed by atoms with Crippen LogP contribution in [-0.4, -0.2) is 28.6 Å². The molecule has 0 aliphatic carbocycles. The number of rotatable bonds is 7. The van der Waals surface area contributed by atoms with Crippen LogP contribution in [0.4, 0.5) is 5.69 Å². The predicted octanol–water partition coefficient (Wildman–Crippen LogP) is 6.30. The topological polar surface area (TPSA) is 47.4 Å². The zero-order chi connectivity index (χ0) is 23.7. The molecular formula is C28H28ClN3O2. The van der Waals surface area contributed by atoms with Crippen LogP contribution in [0.15, 0.2) is 66.7 Å². The Balaban J connectivity index is 1.34. The molecule has 4 aromatic rings. The van der Waals surface area contributed by atoms with E-state index in [4.69, 9.17) is 21.3 Å². The highest BCUT2D eigenvalue weighted by molar-refractivity contribution is 6.30. The maximum absolute atomic E-state index is 12.9. The summed E-state index contributed by atoms with van der Waals surface area (Å²) in [6.45, 7) is 6.16. The number of benzene rings is 3. The Kier molecular flexibility index (Phi) is 6.29. The minimum atomic E-state index is 0.0271. The molecular weight excluding hydrogens is 446 g/mol. The largest absolute Gasteiger partial charge is 0.494 e. The molecule has 0 spiro atoms. The third-order valence-corrected chi connectivity index (χ3v) is 6.52. The first kappa shape index (κ1) is 22.5. The number of imidazole rings is 1. The fourth-order valence-electron chi connectivity index (χ4n) is 4.84. The number of aromatic nitrogens is 2. The Hall–Kier alpha value is -3.31. The molecule has 3 aromatic carbocycles. The fourth-order valence-corrected chi connectivity index (χ4v) is 5.03. The second-order valence-electron chi connectivity index (χ2n) is 9.02. The lowest BCUT2D eigenvalue weighted by molar-refractivity contribution is -0.117. The van der Waals surface area contributed by atoms with Gasteiger partial charge in [0, 0.05) is 36.1 Å². The number of hydrogen-bond acceptors (Lipinski definition) is 3. The summed E-state index contributed by atoms with van der Waals surface area (Å²) in [6.07, 6.45) is 1.29. The van der Waals surface area contributed by atoms with Crippen LogP contribution in [0.5, 0.6) is 5.75 Å². The number of ether oxygens (including phenoxy) is 1. The maximum atomic E-state index is 12.9. The SMILES string of the molecule is Cc1cc(C)cc(OCCCn2c(C3CC(=O)N(c4cccc(Cl)c4)C3)nc3ccccc32)c1. The molecule has 1 unspecified atom stereocenters. The van der Waals surface area contributed by atoms with Crippen molar-refractivity contribution in [2.45, 2.75) is 39.2 Å². The summed E-state index contributed by atoms with van der Waals surface area (Å²) >= 11 is 6.17. The Labute approximate surface area is 204 Å². The smallest absolute Gasteiger partial charge is 0.227 e. The number of anilines is 1. The first-order valence-corrected chi connectivity index (χ1v) is 12.1. The van der Waals surface area contributed by atoms with Gasteiger partial charge >= 0.3 is 0 Å². The van der Waals surface area contributed by atoms with Crippen LogP contribution in [0.2, 0.25) is 5.02 Å². The first-order valence-electron chi connectivity index (χ1n) is 11.7. The molecule has 0 saturated carbocycles. The van der Waals surface area contributed by atoms with Crippen molar-refractivity contribution >= 4 is 34.2 Å². The second kappa shape index (κ2) is 9.51. The lowest BCUT2D eigenvalue weighted by Gasteiger charge is -2.18. The third kappa shape index (κ3) is 4.66. The van der Waals surface area contributed by atoms with Crippen molar-refractivity contribution < 1.29 is 9.53 Å². The van der Waals surface area contributed by atoms with E-state index in [0.717, 1.165) is 41.3 Å². The van der Waals surface area contributed by atoms with Gasteiger partial charge in [-0.05, 0) is 73.9 Å². The van der Waals surface area contributed by atoms with Gasteiger partial charge in [0.25, 0.3) is 0 Å². The molecule has 5 rings (SSSR count). The highest BCUT2D eigenvalue weighted by Crippen LogP contribution is 2.34. The van der Waals surface area contributed by atoms with E-state index in [1.54, 1.807) is 0 Å². The molecule has 0 bridgehead atoms. The van der Waals surface area contributed by atoms with Crippen molar-refractivity contribution in [3.8, 4) is 5.75 Å². The van der Waals surface area contributed by atoms with E-state index >= 15 is 0 Å². The summed E-state index contributed by atoms with van der Waals surface area (Å²) in [5.41, 5.74) is 5.30. The zero-order valence-electron chi connectivity index (χ0n) is 19.5.